The standard InChI is InChI=1S/C12H15N3S/c1-9-6-10(8-13)7-12(14-9)15-11-2-4-16-5-3-11/h6-7,11H,2-5H2,1H3,(H,14,15). The van der Waals surface area contributed by atoms with Gasteiger partial charge in [-0.25, -0.2) is 4.98 Å². The van der Waals surface area contributed by atoms with Gasteiger partial charge in [0.05, 0.1) is 11.6 Å². The molecule has 1 N–H and O–H groups in total. The minimum atomic E-state index is 0.516. The lowest BCUT2D eigenvalue weighted by Crippen LogP contribution is -2.25. The zero-order valence-electron chi connectivity index (χ0n) is 9.36. The molecule has 3 nitrogen and oxygen atoms in total. The maximum atomic E-state index is 8.88. The molecule has 2 heterocycles. The van der Waals surface area contributed by atoms with Crippen LogP contribution in [0, 0.1) is 18.3 Å². The van der Waals surface area contributed by atoms with Crippen molar-refractivity contribution < 1.29 is 0 Å². The molecular weight excluding hydrogens is 218 g/mol. The Morgan fingerprint density at radius 2 is 2.19 bits per heavy atom. The Balaban J connectivity index is 2.08. The second-order valence-electron chi connectivity index (χ2n) is 4.03. The highest BCUT2D eigenvalue weighted by atomic mass is 32.2. The normalized spacial score (nSPS) is 16.8. The lowest BCUT2D eigenvalue weighted by atomic mass is 10.1. The molecule has 1 aromatic rings. The predicted molar refractivity (Wildman–Crippen MR) is 67.7 cm³/mol. The Morgan fingerprint density at radius 3 is 2.88 bits per heavy atom. The van der Waals surface area contributed by atoms with Crippen LogP contribution >= 0.6 is 11.8 Å². The fourth-order valence-corrected chi connectivity index (χ4v) is 2.96. The van der Waals surface area contributed by atoms with Crippen LogP contribution < -0.4 is 5.32 Å². The third-order valence-corrected chi connectivity index (χ3v) is 3.70. The van der Waals surface area contributed by atoms with Crippen LogP contribution in [0.2, 0.25) is 0 Å². The lowest BCUT2D eigenvalue weighted by Gasteiger charge is -2.23. The minimum absolute atomic E-state index is 0.516. The molecule has 4 heteroatoms. The van der Waals surface area contributed by atoms with E-state index in [4.69, 9.17) is 5.26 Å². The molecule has 0 unspecified atom stereocenters. The van der Waals surface area contributed by atoms with Crippen LogP contribution in [0.15, 0.2) is 12.1 Å². The van der Waals surface area contributed by atoms with Crippen molar-refractivity contribution in [1.82, 2.24) is 4.98 Å². The zero-order chi connectivity index (χ0) is 11.4. The highest BCUT2D eigenvalue weighted by Crippen LogP contribution is 2.20. The Kier molecular flexibility index (Phi) is 3.68. The van der Waals surface area contributed by atoms with E-state index >= 15 is 0 Å². The summed E-state index contributed by atoms with van der Waals surface area (Å²) in [6, 6.07) is 6.31. The topological polar surface area (TPSA) is 48.7 Å². The van der Waals surface area contributed by atoms with Crippen molar-refractivity contribution in [2.75, 3.05) is 16.8 Å². The summed E-state index contributed by atoms with van der Waals surface area (Å²) in [6.07, 6.45) is 2.37. The van der Waals surface area contributed by atoms with Crippen molar-refractivity contribution in [2.24, 2.45) is 0 Å². The van der Waals surface area contributed by atoms with Gasteiger partial charge in [-0.1, -0.05) is 0 Å². The van der Waals surface area contributed by atoms with Crippen LogP contribution in [0.3, 0.4) is 0 Å². The van der Waals surface area contributed by atoms with Crippen molar-refractivity contribution in [3.63, 3.8) is 0 Å². The molecule has 0 bridgehead atoms. The Bertz CT molecular complexity index is 405. The lowest BCUT2D eigenvalue weighted by molar-refractivity contribution is 0.663. The Labute approximate surface area is 100 Å². The molecule has 84 valence electrons. The fourth-order valence-electron chi connectivity index (χ4n) is 1.86. The molecular formula is C12H15N3S. The molecule has 0 amide bonds. The molecule has 1 aromatic heterocycles. The molecule has 0 aromatic carbocycles. The van der Waals surface area contributed by atoms with Gasteiger partial charge < -0.3 is 5.32 Å². The summed E-state index contributed by atoms with van der Waals surface area (Å²) in [6.45, 7) is 1.92. The van der Waals surface area contributed by atoms with Crippen molar-refractivity contribution in [2.45, 2.75) is 25.8 Å². The second kappa shape index (κ2) is 5.22. The molecule has 0 aliphatic carbocycles. The third-order valence-electron chi connectivity index (χ3n) is 2.66. The Morgan fingerprint density at radius 1 is 1.44 bits per heavy atom. The number of aromatic nitrogens is 1. The zero-order valence-corrected chi connectivity index (χ0v) is 10.2. The SMILES string of the molecule is Cc1cc(C#N)cc(NC2CCSCC2)n1. The van der Waals surface area contributed by atoms with Crippen LogP contribution in [0.4, 0.5) is 5.82 Å². The van der Waals surface area contributed by atoms with Gasteiger partial charge in [0.2, 0.25) is 0 Å². The Hall–Kier alpha value is -1.21. The van der Waals surface area contributed by atoms with Crippen LogP contribution in [0.1, 0.15) is 24.1 Å². The maximum absolute atomic E-state index is 8.88. The number of rotatable bonds is 2. The largest absolute Gasteiger partial charge is 0.367 e. The van der Waals surface area contributed by atoms with E-state index in [0.717, 1.165) is 11.5 Å². The van der Waals surface area contributed by atoms with Crippen molar-refractivity contribution in [3.8, 4) is 6.07 Å². The summed E-state index contributed by atoms with van der Waals surface area (Å²) in [4.78, 5) is 4.41. The predicted octanol–water partition coefficient (Wildman–Crippen LogP) is 2.57. The average molecular weight is 233 g/mol. The van der Waals surface area contributed by atoms with E-state index in [2.05, 4.69) is 16.4 Å². The quantitative estimate of drug-likeness (QED) is 0.853. The molecule has 1 aliphatic rings. The molecule has 0 atom stereocenters. The number of aryl methyl sites for hydroxylation is 1. The van der Waals surface area contributed by atoms with Crippen LogP contribution in [-0.4, -0.2) is 22.5 Å². The summed E-state index contributed by atoms with van der Waals surface area (Å²) in [5.74, 6) is 3.27. The third kappa shape index (κ3) is 2.89. The first-order valence-corrected chi connectivity index (χ1v) is 6.66. The fraction of sp³-hybridized carbons (Fsp3) is 0.500. The number of hydrogen-bond acceptors (Lipinski definition) is 4. The summed E-state index contributed by atoms with van der Waals surface area (Å²) < 4.78 is 0. The van der Waals surface area contributed by atoms with Gasteiger partial charge in [0, 0.05) is 11.7 Å². The average Bonchev–Trinajstić information content (AvgIpc) is 2.29. The summed E-state index contributed by atoms with van der Waals surface area (Å²) in [7, 11) is 0. The summed E-state index contributed by atoms with van der Waals surface area (Å²) in [5.41, 5.74) is 1.58. The molecule has 0 saturated carbocycles. The maximum Gasteiger partial charge on any atom is 0.127 e. The number of thioether (sulfide) groups is 1. The smallest absolute Gasteiger partial charge is 0.127 e. The van der Waals surface area contributed by atoms with E-state index < -0.39 is 0 Å². The van der Waals surface area contributed by atoms with Gasteiger partial charge in [0.25, 0.3) is 0 Å². The van der Waals surface area contributed by atoms with Gasteiger partial charge in [0.15, 0.2) is 0 Å². The van der Waals surface area contributed by atoms with Crippen molar-refractivity contribution >= 4 is 17.6 Å². The number of nitriles is 1. The monoisotopic (exact) mass is 233 g/mol. The van der Waals surface area contributed by atoms with Gasteiger partial charge in [-0.2, -0.15) is 17.0 Å². The van der Waals surface area contributed by atoms with Crippen LogP contribution in [-0.2, 0) is 0 Å². The van der Waals surface area contributed by atoms with Gasteiger partial charge in [-0.05, 0) is 43.4 Å². The number of nitrogens with zero attached hydrogens (tertiary/aromatic N) is 2. The van der Waals surface area contributed by atoms with E-state index in [-0.39, 0.29) is 0 Å². The molecule has 1 fully saturated rings. The van der Waals surface area contributed by atoms with E-state index in [1.165, 1.54) is 24.3 Å². The van der Waals surface area contributed by atoms with Gasteiger partial charge in [-0.15, -0.1) is 0 Å². The summed E-state index contributed by atoms with van der Waals surface area (Å²) in [5, 5.41) is 12.3. The minimum Gasteiger partial charge on any atom is -0.367 e. The van der Waals surface area contributed by atoms with Crippen molar-refractivity contribution in [1.29, 1.82) is 5.26 Å². The first-order chi connectivity index (χ1) is 7.78. The van der Waals surface area contributed by atoms with Crippen molar-refractivity contribution in [3.05, 3.63) is 23.4 Å². The molecule has 2 rings (SSSR count). The molecule has 1 aliphatic heterocycles. The van der Waals surface area contributed by atoms with Gasteiger partial charge in [0.1, 0.15) is 5.82 Å². The highest BCUT2D eigenvalue weighted by molar-refractivity contribution is 7.99. The first-order valence-electron chi connectivity index (χ1n) is 5.51. The second-order valence-corrected chi connectivity index (χ2v) is 5.25. The van der Waals surface area contributed by atoms with E-state index in [9.17, 15) is 0 Å². The molecule has 0 radical (unpaired) electrons. The summed E-state index contributed by atoms with van der Waals surface area (Å²) >= 11 is 2.01. The number of nitrogens with one attached hydrogen (secondary N) is 1. The van der Waals surface area contributed by atoms with Gasteiger partial charge >= 0.3 is 0 Å². The van der Waals surface area contributed by atoms with E-state index in [1.807, 2.05) is 30.8 Å². The number of hydrogen-bond donors (Lipinski definition) is 1. The van der Waals surface area contributed by atoms with E-state index in [0.29, 0.717) is 11.6 Å². The van der Waals surface area contributed by atoms with E-state index in [1.54, 1.807) is 0 Å². The van der Waals surface area contributed by atoms with Gasteiger partial charge in [-0.3, -0.25) is 0 Å². The number of anilines is 1. The van der Waals surface area contributed by atoms with Crippen LogP contribution in [0.25, 0.3) is 0 Å². The molecule has 1 saturated heterocycles. The molecule has 0 spiro atoms. The molecule has 16 heavy (non-hydrogen) atoms. The highest BCUT2D eigenvalue weighted by Gasteiger charge is 2.13. The first kappa shape index (κ1) is 11.3. The number of pyridine rings is 1. The van der Waals surface area contributed by atoms with Crippen LogP contribution in [0.5, 0.6) is 0 Å².